The molecule has 0 atom stereocenters. The molecule has 1 rings (SSSR count). The number of likely N-dealkylation sites (tertiary alicyclic amines) is 1. The lowest BCUT2D eigenvalue weighted by Gasteiger charge is -2.31. The van der Waals surface area contributed by atoms with Crippen LogP contribution in [-0.2, 0) is 0 Å². The topological polar surface area (TPSA) is 3.24 Å². The molecule has 76 valence electrons. The van der Waals surface area contributed by atoms with Crippen molar-refractivity contribution in [1.82, 2.24) is 4.90 Å². The Morgan fingerprint density at radius 3 is 2.38 bits per heavy atom. The van der Waals surface area contributed by atoms with Gasteiger partial charge in [0.1, 0.15) is 0 Å². The van der Waals surface area contributed by atoms with Crippen molar-refractivity contribution in [1.29, 1.82) is 0 Å². The van der Waals surface area contributed by atoms with Gasteiger partial charge >= 0.3 is 0 Å². The summed E-state index contributed by atoms with van der Waals surface area (Å²) in [6.45, 7) is 10.6. The summed E-state index contributed by atoms with van der Waals surface area (Å²) in [6.07, 6.45) is 7.28. The number of hydrogen-bond donors (Lipinski definition) is 0. The third-order valence-electron chi connectivity index (χ3n) is 2.72. The zero-order valence-corrected chi connectivity index (χ0v) is 9.29. The summed E-state index contributed by atoms with van der Waals surface area (Å²) >= 11 is 0. The lowest BCUT2D eigenvalue weighted by molar-refractivity contribution is 0.184. The van der Waals surface area contributed by atoms with E-state index in [1.54, 1.807) is 0 Å². The number of rotatable bonds is 3. The van der Waals surface area contributed by atoms with Crippen molar-refractivity contribution in [2.45, 2.75) is 33.6 Å². The lowest BCUT2D eigenvalue weighted by atomic mass is 9.96. The Balaban J connectivity index is 2.22. The van der Waals surface area contributed by atoms with Gasteiger partial charge in [0.05, 0.1) is 0 Å². The first kappa shape index (κ1) is 10.8. The number of allylic oxidation sites excluding steroid dienone is 2. The maximum atomic E-state index is 2.60. The van der Waals surface area contributed by atoms with Gasteiger partial charge in [-0.15, -0.1) is 0 Å². The molecule has 1 aliphatic rings. The quantitative estimate of drug-likeness (QED) is 0.605. The van der Waals surface area contributed by atoms with Gasteiger partial charge in [0.2, 0.25) is 0 Å². The highest BCUT2D eigenvalue weighted by molar-refractivity contribution is 4.89. The number of nitrogens with zero attached hydrogens (tertiary/aromatic N) is 1. The SMILES string of the molecule is C/C=C/C1CCN(CC(C)C)CC1. The fourth-order valence-electron chi connectivity index (χ4n) is 2.12. The molecule has 0 unspecified atom stereocenters. The fourth-order valence-corrected chi connectivity index (χ4v) is 2.12. The molecule has 0 amide bonds. The molecule has 0 aliphatic carbocycles. The van der Waals surface area contributed by atoms with Crippen LogP contribution in [0, 0.1) is 11.8 Å². The van der Waals surface area contributed by atoms with Crippen LogP contribution < -0.4 is 0 Å². The molecule has 1 heterocycles. The Hall–Kier alpha value is -0.300. The summed E-state index contributed by atoms with van der Waals surface area (Å²) in [5, 5.41) is 0. The lowest BCUT2D eigenvalue weighted by Crippen LogP contribution is -2.35. The summed E-state index contributed by atoms with van der Waals surface area (Å²) in [4.78, 5) is 2.60. The van der Waals surface area contributed by atoms with E-state index in [1.165, 1.54) is 32.5 Å². The van der Waals surface area contributed by atoms with Crippen molar-refractivity contribution in [3.63, 3.8) is 0 Å². The van der Waals surface area contributed by atoms with Crippen molar-refractivity contribution in [3.05, 3.63) is 12.2 Å². The first-order valence-corrected chi connectivity index (χ1v) is 5.57. The van der Waals surface area contributed by atoms with Crippen LogP contribution in [0.2, 0.25) is 0 Å². The van der Waals surface area contributed by atoms with Gasteiger partial charge in [-0.3, -0.25) is 0 Å². The van der Waals surface area contributed by atoms with Crippen molar-refractivity contribution < 1.29 is 0 Å². The summed E-state index contributed by atoms with van der Waals surface area (Å²) in [7, 11) is 0. The molecular weight excluding hydrogens is 158 g/mol. The molecule has 1 nitrogen and oxygen atoms in total. The highest BCUT2D eigenvalue weighted by Gasteiger charge is 2.16. The minimum absolute atomic E-state index is 0.818. The van der Waals surface area contributed by atoms with Gasteiger partial charge in [-0.05, 0) is 44.7 Å². The minimum atomic E-state index is 0.818. The normalized spacial score (nSPS) is 21.8. The Morgan fingerprint density at radius 2 is 1.92 bits per heavy atom. The van der Waals surface area contributed by atoms with Gasteiger partial charge < -0.3 is 4.90 Å². The van der Waals surface area contributed by atoms with E-state index in [1.807, 2.05) is 0 Å². The Morgan fingerprint density at radius 1 is 1.31 bits per heavy atom. The van der Waals surface area contributed by atoms with E-state index < -0.39 is 0 Å². The van der Waals surface area contributed by atoms with Gasteiger partial charge in [-0.1, -0.05) is 26.0 Å². The Kier molecular flexibility index (Phi) is 4.51. The first-order chi connectivity index (χ1) is 6.22. The summed E-state index contributed by atoms with van der Waals surface area (Å²) < 4.78 is 0. The van der Waals surface area contributed by atoms with Crippen LogP contribution in [0.15, 0.2) is 12.2 Å². The zero-order valence-electron chi connectivity index (χ0n) is 9.29. The van der Waals surface area contributed by atoms with Gasteiger partial charge in [-0.25, -0.2) is 0 Å². The van der Waals surface area contributed by atoms with E-state index >= 15 is 0 Å². The Labute approximate surface area is 82.8 Å². The van der Waals surface area contributed by atoms with Gasteiger partial charge in [0, 0.05) is 6.54 Å². The molecule has 1 heteroatoms. The first-order valence-electron chi connectivity index (χ1n) is 5.57. The zero-order chi connectivity index (χ0) is 9.68. The molecule has 0 bridgehead atoms. The molecule has 1 fully saturated rings. The average molecular weight is 181 g/mol. The molecular formula is C12H23N. The second-order valence-corrected chi connectivity index (χ2v) is 4.56. The van der Waals surface area contributed by atoms with E-state index in [2.05, 4.69) is 37.8 Å². The van der Waals surface area contributed by atoms with Crippen molar-refractivity contribution in [2.24, 2.45) is 11.8 Å². The van der Waals surface area contributed by atoms with Crippen LogP contribution in [0.3, 0.4) is 0 Å². The molecule has 0 radical (unpaired) electrons. The molecule has 0 aromatic heterocycles. The third kappa shape index (κ3) is 3.95. The molecule has 0 aromatic carbocycles. The van der Waals surface area contributed by atoms with Crippen LogP contribution in [0.4, 0.5) is 0 Å². The second-order valence-electron chi connectivity index (χ2n) is 4.56. The van der Waals surface area contributed by atoms with Crippen molar-refractivity contribution in [2.75, 3.05) is 19.6 Å². The van der Waals surface area contributed by atoms with E-state index in [0.29, 0.717) is 0 Å². The van der Waals surface area contributed by atoms with Gasteiger partial charge in [0.15, 0.2) is 0 Å². The number of piperidine rings is 1. The van der Waals surface area contributed by atoms with Crippen LogP contribution in [0.1, 0.15) is 33.6 Å². The highest BCUT2D eigenvalue weighted by atomic mass is 15.1. The Bertz CT molecular complexity index is 153. The van der Waals surface area contributed by atoms with Gasteiger partial charge in [0.25, 0.3) is 0 Å². The average Bonchev–Trinajstić information content (AvgIpc) is 2.08. The minimum Gasteiger partial charge on any atom is -0.303 e. The van der Waals surface area contributed by atoms with Crippen LogP contribution >= 0.6 is 0 Å². The van der Waals surface area contributed by atoms with Crippen LogP contribution in [0.25, 0.3) is 0 Å². The molecule has 13 heavy (non-hydrogen) atoms. The smallest absolute Gasteiger partial charge is 0.000439 e. The van der Waals surface area contributed by atoms with Gasteiger partial charge in [-0.2, -0.15) is 0 Å². The molecule has 0 spiro atoms. The monoisotopic (exact) mass is 181 g/mol. The number of hydrogen-bond acceptors (Lipinski definition) is 1. The molecule has 1 saturated heterocycles. The van der Waals surface area contributed by atoms with E-state index in [9.17, 15) is 0 Å². The van der Waals surface area contributed by atoms with Crippen LogP contribution in [-0.4, -0.2) is 24.5 Å². The van der Waals surface area contributed by atoms with Crippen molar-refractivity contribution in [3.8, 4) is 0 Å². The third-order valence-corrected chi connectivity index (χ3v) is 2.72. The van der Waals surface area contributed by atoms with E-state index in [-0.39, 0.29) is 0 Å². The highest BCUT2D eigenvalue weighted by Crippen LogP contribution is 2.18. The molecule has 0 N–H and O–H groups in total. The van der Waals surface area contributed by atoms with Crippen molar-refractivity contribution >= 4 is 0 Å². The van der Waals surface area contributed by atoms with E-state index in [0.717, 1.165) is 11.8 Å². The molecule has 0 aromatic rings. The summed E-state index contributed by atoms with van der Waals surface area (Å²) in [5.41, 5.74) is 0. The predicted molar refractivity (Wildman–Crippen MR) is 58.8 cm³/mol. The summed E-state index contributed by atoms with van der Waals surface area (Å²) in [6, 6.07) is 0. The standard InChI is InChI=1S/C12H23N/c1-4-5-12-6-8-13(9-7-12)10-11(2)3/h4-5,11-12H,6-10H2,1-3H3/b5-4+. The maximum absolute atomic E-state index is 2.60. The molecule has 0 saturated carbocycles. The largest absolute Gasteiger partial charge is 0.303 e. The second kappa shape index (κ2) is 5.43. The van der Waals surface area contributed by atoms with E-state index in [4.69, 9.17) is 0 Å². The fraction of sp³-hybridized carbons (Fsp3) is 0.833. The van der Waals surface area contributed by atoms with Crippen LogP contribution in [0.5, 0.6) is 0 Å². The summed E-state index contributed by atoms with van der Waals surface area (Å²) in [5.74, 6) is 1.67. The molecule has 1 aliphatic heterocycles. The predicted octanol–water partition coefficient (Wildman–Crippen LogP) is 2.93. The maximum Gasteiger partial charge on any atom is 0.000439 e.